The van der Waals surface area contributed by atoms with Crippen molar-refractivity contribution in [1.82, 2.24) is 4.90 Å². The molecule has 0 saturated carbocycles. The van der Waals surface area contributed by atoms with Gasteiger partial charge in [0, 0.05) is 18.0 Å². The number of hydrogen-bond donors (Lipinski definition) is 1. The first-order valence-corrected chi connectivity index (χ1v) is 10.6. The molecule has 0 aliphatic carbocycles. The Morgan fingerprint density at radius 1 is 1.18 bits per heavy atom. The van der Waals surface area contributed by atoms with Crippen LogP contribution < -0.4 is 4.74 Å². The number of para-hydroxylation sites is 1. The topological polar surface area (TPSA) is 49.8 Å². The van der Waals surface area contributed by atoms with Crippen LogP contribution in [0.3, 0.4) is 0 Å². The summed E-state index contributed by atoms with van der Waals surface area (Å²) in [7, 11) is 0. The van der Waals surface area contributed by atoms with Gasteiger partial charge in [-0.2, -0.15) is 0 Å². The van der Waals surface area contributed by atoms with Gasteiger partial charge in [0.05, 0.1) is 4.90 Å². The predicted octanol–water partition coefficient (Wildman–Crippen LogP) is 5.06. The average molecular weight is 400 g/mol. The van der Waals surface area contributed by atoms with Gasteiger partial charge < -0.3 is 9.84 Å². The van der Waals surface area contributed by atoms with Gasteiger partial charge in [-0.1, -0.05) is 56.8 Å². The van der Waals surface area contributed by atoms with Crippen LogP contribution in [0.5, 0.6) is 5.75 Å². The third-order valence-electron chi connectivity index (χ3n) is 5.17. The molecule has 0 unspecified atom stereocenters. The lowest BCUT2D eigenvalue weighted by Crippen LogP contribution is -2.38. The number of aliphatic carboxylic acids is 1. The second-order valence-electron chi connectivity index (χ2n) is 8.36. The maximum Gasteiger partial charge on any atom is 0.320 e. The van der Waals surface area contributed by atoms with Gasteiger partial charge in [-0.25, -0.2) is 0 Å². The summed E-state index contributed by atoms with van der Waals surface area (Å²) in [6.45, 7) is 9.78. The number of benzene rings is 2. The normalized spacial score (nSPS) is 18.8. The van der Waals surface area contributed by atoms with Gasteiger partial charge >= 0.3 is 5.97 Å². The summed E-state index contributed by atoms with van der Waals surface area (Å²) in [5, 5.41) is 9.21. The van der Waals surface area contributed by atoms with Crippen molar-refractivity contribution >= 4 is 17.7 Å². The smallest absolute Gasteiger partial charge is 0.320 e. The number of carboxylic acids is 1. The van der Waals surface area contributed by atoms with Gasteiger partial charge in [-0.15, -0.1) is 0 Å². The highest BCUT2D eigenvalue weighted by Gasteiger charge is 2.30. The molecule has 5 heteroatoms. The van der Waals surface area contributed by atoms with Crippen LogP contribution in [0.25, 0.3) is 0 Å². The quantitative estimate of drug-likeness (QED) is 0.736. The number of likely N-dealkylation sites (tertiary alicyclic amines) is 1. The third kappa shape index (κ3) is 5.09. The van der Waals surface area contributed by atoms with Crippen LogP contribution in [0.4, 0.5) is 0 Å². The van der Waals surface area contributed by atoms with Crippen molar-refractivity contribution < 1.29 is 14.6 Å². The molecule has 1 N–H and O–H groups in total. The lowest BCUT2D eigenvalue weighted by Gasteiger charge is -2.21. The fourth-order valence-corrected chi connectivity index (χ4v) is 4.21. The summed E-state index contributed by atoms with van der Waals surface area (Å²) < 4.78 is 6.26. The van der Waals surface area contributed by atoms with Crippen molar-refractivity contribution in [2.24, 2.45) is 0 Å². The van der Waals surface area contributed by atoms with E-state index in [1.165, 1.54) is 10.5 Å². The van der Waals surface area contributed by atoms with Crippen LogP contribution in [-0.2, 0) is 10.2 Å². The van der Waals surface area contributed by atoms with Crippen LogP contribution in [0.2, 0.25) is 0 Å². The minimum atomic E-state index is -0.782. The Bertz CT molecular complexity index is 813. The molecule has 3 rings (SSSR count). The average Bonchev–Trinajstić information content (AvgIpc) is 3.11. The first-order chi connectivity index (χ1) is 13.2. The Morgan fingerprint density at radius 3 is 2.50 bits per heavy atom. The van der Waals surface area contributed by atoms with E-state index in [1.54, 1.807) is 18.7 Å². The summed E-state index contributed by atoms with van der Waals surface area (Å²) in [5.74, 6) is 0.0811. The van der Waals surface area contributed by atoms with E-state index < -0.39 is 12.0 Å². The van der Waals surface area contributed by atoms with Crippen molar-refractivity contribution in [3.05, 3.63) is 54.1 Å². The molecule has 1 aliphatic rings. The number of carbonyl (C=O) groups is 1. The molecular formula is C23H29NO3S. The third-order valence-corrected chi connectivity index (χ3v) is 6.24. The van der Waals surface area contributed by atoms with Gasteiger partial charge in [0.1, 0.15) is 17.9 Å². The van der Waals surface area contributed by atoms with Crippen LogP contribution >= 0.6 is 11.8 Å². The number of nitrogens with zero attached hydrogens (tertiary/aromatic N) is 1. The number of carboxylic acid groups (broad SMARTS) is 1. The zero-order valence-corrected chi connectivity index (χ0v) is 17.8. The van der Waals surface area contributed by atoms with Gasteiger partial charge in [-0.05, 0) is 48.6 Å². The molecule has 2 atom stereocenters. The number of ether oxygens (including phenoxy) is 1. The lowest BCUT2D eigenvalue weighted by atomic mass is 9.87. The van der Waals surface area contributed by atoms with Gasteiger partial charge in [0.15, 0.2) is 0 Å². The molecule has 0 radical (unpaired) electrons. The van der Waals surface area contributed by atoms with E-state index in [-0.39, 0.29) is 11.5 Å². The Morgan fingerprint density at radius 2 is 1.86 bits per heavy atom. The van der Waals surface area contributed by atoms with E-state index in [0.29, 0.717) is 6.54 Å². The molecule has 1 fully saturated rings. The van der Waals surface area contributed by atoms with Crippen molar-refractivity contribution in [2.75, 3.05) is 13.1 Å². The molecule has 0 bridgehead atoms. The Labute approximate surface area is 171 Å². The Hall–Kier alpha value is -1.98. The van der Waals surface area contributed by atoms with Crippen LogP contribution in [0.1, 0.15) is 39.7 Å². The highest BCUT2D eigenvalue weighted by atomic mass is 32.2. The molecular weight excluding hydrogens is 370 g/mol. The zero-order valence-electron chi connectivity index (χ0n) is 17.0. The highest BCUT2D eigenvalue weighted by Crippen LogP contribution is 2.37. The van der Waals surface area contributed by atoms with Crippen LogP contribution in [-0.4, -0.2) is 41.2 Å². The molecule has 150 valence electrons. The molecule has 1 aliphatic heterocycles. The van der Waals surface area contributed by atoms with Crippen LogP contribution in [0, 0.1) is 0 Å². The molecule has 1 saturated heterocycles. The van der Waals surface area contributed by atoms with Crippen molar-refractivity contribution in [3.63, 3.8) is 0 Å². The van der Waals surface area contributed by atoms with Crippen molar-refractivity contribution in [2.45, 2.75) is 61.5 Å². The maximum atomic E-state index is 11.2. The summed E-state index contributed by atoms with van der Waals surface area (Å²) in [4.78, 5) is 15.4. The fraction of sp³-hybridized carbons (Fsp3) is 0.435. The molecule has 1 heterocycles. The van der Waals surface area contributed by atoms with E-state index >= 15 is 0 Å². The molecule has 28 heavy (non-hydrogen) atoms. The SMILES string of the molecule is C[C@H](C(=O)O)N1CC[C@H](Oc2ccccc2Sc2ccc(C(C)(C)C)cc2)C1. The molecule has 0 amide bonds. The summed E-state index contributed by atoms with van der Waals surface area (Å²) >= 11 is 1.70. The summed E-state index contributed by atoms with van der Waals surface area (Å²) in [6.07, 6.45) is 0.864. The van der Waals surface area contributed by atoms with Gasteiger partial charge in [0.25, 0.3) is 0 Å². The molecule has 2 aromatic rings. The highest BCUT2D eigenvalue weighted by molar-refractivity contribution is 7.99. The van der Waals surface area contributed by atoms with E-state index in [4.69, 9.17) is 4.74 Å². The molecule has 4 nitrogen and oxygen atoms in total. The van der Waals surface area contributed by atoms with Gasteiger partial charge in [-0.3, -0.25) is 9.69 Å². The minimum absolute atomic E-state index is 0.0202. The van der Waals surface area contributed by atoms with E-state index in [1.807, 2.05) is 23.1 Å². The van der Waals surface area contributed by atoms with Crippen molar-refractivity contribution in [1.29, 1.82) is 0 Å². The molecule has 2 aromatic carbocycles. The lowest BCUT2D eigenvalue weighted by molar-refractivity contribution is -0.142. The first kappa shape index (κ1) is 20.7. The Balaban J connectivity index is 1.68. The minimum Gasteiger partial charge on any atom is -0.488 e. The number of hydrogen-bond acceptors (Lipinski definition) is 4. The van der Waals surface area contributed by atoms with E-state index in [2.05, 4.69) is 51.1 Å². The summed E-state index contributed by atoms with van der Waals surface area (Å²) in [5.41, 5.74) is 1.46. The largest absolute Gasteiger partial charge is 0.488 e. The molecule has 0 aromatic heterocycles. The van der Waals surface area contributed by atoms with E-state index in [0.717, 1.165) is 23.6 Å². The molecule has 0 spiro atoms. The Kier molecular flexibility index (Phi) is 6.36. The van der Waals surface area contributed by atoms with Crippen molar-refractivity contribution in [3.8, 4) is 5.75 Å². The van der Waals surface area contributed by atoms with Gasteiger partial charge in [0.2, 0.25) is 0 Å². The first-order valence-electron chi connectivity index (χ1n) is 9.75. The van der Waals surface area contributed by atoms with Crippen LogP contribution in [0.15, 0.2) is 58.3 Å². The monoisotopic (exact) mass is 399 g/mol. The fourth-order valence-electron chi connectivity index (χ4n) is 3.32. The predicted molar refractivity (Wildman–Crippen MR) is 113 cm³/mol. The second-order valence-corrected chi connectivity index (χ2v) is 9.48. The zero-order chi connectivity index (χ0) is 20.3. The number of rotatable bonds is 6. The second kappa shape index (κ2) is 8.58. The van der Waals surface area contributed by atoms with E-state index in [9.17, 15) is 9.90 Å². The summed E-state index contributed by atoms with van der Waals surface area (Å²) in [6, 6.07) is 16.3. The maximum absolute atomic E-state index is 11.2. The standard InChI is InChI=1S/C23H29NO3S/c1-16(22(25)26)24-14-13-18(15-24)27-20-7-5-6-8-21(20)28-19-11-9-17(10-12-19)23(2,3)4/h5-12,16,18H,13-15H2,1-4H3,(H,25,26)/t16-,18+/m1/s1.